The van der Waals surface area contributed by atoms with Crippen molar-refractivity contribution < 1.29 is 9.59 Å². The smallest absolute Gasteiger partial charge is 0.274 e. The van der Waals surface area contributed by atoms with E-state index >= 15 is 0 Å². The van der Waals surface area contributed by atoms with Gasteiger partial charge in [-0.3, -0.25) is 14.5 Å². The SMILES string of the molecule is C=C(C)[C@H](C(C)C)N1C(=O)CCSC1=O. The molecule has 0 unspecified atom stereocenters. The maximum atomic E-state index is 11.7. The highest BCUT2D eigenvalue weighted by Gasteiger charge is 2.34. The van der Waals surface area contributed by atoms with E-state index in [1.807, 2.05) is 20.8 Å². The summed E-state index contributed by atoms with van der Waals surface area (Å²) < 4.78 is 0. The van der Waals surface area contributed by atoms with Crippen LogP contribution in [0.5, 0.6) is 0 Å². The van der Waals surface area contributed by atoms with Crippen LogP contribution in [0.4, 0.5) is 4.79 Å². The minimum Gasteiger partial charge on any atom is -0.274 e. The normalized spacial score (nSPS) is 19.6. The second kappa shape index (κ2) is 4.84. The third kappa shape index (κ3) is 2.62. The third-order valence-corrected chi connectivity index (χ3v) is 3.27. The average Bonchev–Trinajstić information content (AvgIpc) is 2.09. The molecule has 1 aliphatic heterocycles. The number of rotatable bonds is 3. The molecule has 0 spiro atoms. The second-order valence-electron chi connectivity index (χ2n) is 4.16. The molecule has 0 radical (unpaired) electrons. The van der Waals surface area contributed by atoms with Crippen molar-refractivity contribution in [2.45, 2.75) is 33.2 Å². The summed E-state index contributed by atoms with van der Waals surface area (Å²) in [6.07, 6.45) is 0.451. The Morgan fingerprint density at radius 3 is 2.47 bits per heavy atom. The molecule has 3 nitrogen and oxygen atoms in total. The molecule has 2 amide bonds. The van der Waals surface area contributed by atoms with Gasteiger partial charge in [0, 0.05) is 12.2 Å². The van der Waals surface area contributed by atoms with Gasteiger partial charge in [-0.1, -0.05) is 37.8 Å². The fraction of sp³-hybridized carbons (Fsp3) is 0.636. The third-order valence-electron chi connectivity index (χ3n) is 2.42. The Bertz CT molecular complexity index is 283. The van der Waals surface area contributed by atoms with Crippen LogP contribution in [0, 0.1) is 5.92 Å². The fourth-order valence-corrected chi connectivity index (χ4v) is 2.68. The van der Waals surface area contributed by atoms with Gasteiger partial charge in [0.15, 0.2) is 0 Å². The summed E-state index contributed by atoms with van der Waals surface area (Å²) in [7, 11) is 0. The van der Waals surface area contributed by atoms with E-state index in [9.17, 15) is 9.59 Å². The lowest BCUT2D eigenvalue weighted by atomic mass is 9.96. The van der Waals surface area contributed by atoms with Crippen molar-refractivity contribution in [3.63, 3.8) is 0 Å². The number of nitrogens with zero attached hydrogens (tertiary/aromatic N) is 1. The predicted octanol–water partition coefficient (Wildman–Crippen LogP) is 2.67. The van der Waals surface area contributed by atoms with Crippen LogP contribution >= 0.6 is 11.8 Å². The number of carbonyl (C=O) groups is 2. The van der Waals surface area contributed by atoms with E-state index in [1.165, 1.54) is 16.7 Å². The molecule has 0 aromatic carbocycles. The summed E-state index contributed by atoms with van der Waals surface area (Å²) in [6, 6.07) is -0.155. The monoisotopic (exact) mass is 227 g/mol. The van der Waals surface area contributed by atoms with Crippen LogP contribution in [0.25, 0.3) is 0 Å². The molecule has 0 bridgehead atoms. The van der Waals surface area contributed by atoms with Crippen molar-refractivity contribution in [2.75, 3.05) is 5.75 Å². The number of amides is 2. The number of thioether (sulfide) groups is 1. The number of hydrogen-bond donors (Lipinski definition) is 0. The molecule has 0 N–H and O–H groups in total. The predicted molar refractivity (Wildman–Crippen MR) is 62.8 cm³/mol. The van der Waals surface area contributed by atoms with Crippen LogP contribution in [0.3, 0.4) is 0 Å². The fourth-order valence-electron chi connectivity index (χ4n) is 1.87. The molecule has 1 rings (SSSR count). The van der Waals surface area contributed by atoms with E-state index in [1.54, 1.807) is 0 Å². The van der Waals surface area contributed by atoms with Gasteiger partial charge in [0.1, 0.15) is 0 Å². The van der Waals surface area contributed by atoms with Crippen LogP contribution < -0.4 is 0 Å². The Kier molecular flexibility index (Phi) is 3.97. The van der Waals surface area contributed by atoms with Crippen LogP contribution in [-0.2, 0) is 4.79 Å². The van der Waals surface area contributed by atoms with E-state index in [-0.39, 0.29) is 23.1 Å². The molecule has 1 atom stereocenters. The summed E-state index contributed by atoms with van der Waals surface area (Å²) in [4.78, 5) is 24.8. The first kappa shape index (κ1) is 12.3. The molecule has 0 aromatic heterocycles. The molecule has 15 heavy (non-hydrogen) atoms. The molecule has 4 heteroatoms. The second-order valence-corrected chi connectivity index (χ2v) is 5.21. The Morgan fingerprint density at radius 2 is 2.07 bits per heavy atom. The van der Waals surface area contributed by atoms with E-state index < -0.39 is 0 Å². The Balaban J connectivity index is 2.94. The first-order valence-electron chi connectivity index (χ1n) is 5.09. The summed E-state index contributed by atoms with van der Waals surface area (Å²) in [5, 5.41) is -0.132. The lowest BCUT2D eigenvalue weighted by Gasteiger charge is -2.35. The summed E-state index contributed by atoms with van der Waals surface area (Å²) >= 11 is 1.22. The molecule has 1 fully saturated rings. The molecule has 0 aliphatic carbocycles. The first-order valence-corrected chi connectivity index (χ1v) is 6.08. The molecule has 1 heterocycles. The van der Waals surface area contributed by atoms with Gasteiger partial charge in [-0.15, -0.1) is 0 Å². The largest absolute Gasteiger partial charge is 0.288 e. The van der Waals surface area contributed by atoms with Gasteiger partial charge in [-0.2, -0.15) is 0 Å². The molecule has 0 saturated carbocycles. The van der Waals surface area contributed by atoms with Gasteiger partial charge >= 0.3 is 0 Å². The van der Waals surface area contributed by atoms with Gasteiger partial charge in [0.25, 0.3) is 5.24 Å². The summed E-state index contributed by atoms with van der Waals surface area (Å²) in [5.41, 5.74) is 0.870. The highest BCUT2D eigenvalue weighted by molar-refractivity contribution is 8.13. The lowest BCUT2D eigenvalue weighted by molar-refractivity contribution is -0.129. The Labute approximate surface area is 94.9 Å². The quantitative estimate of drug-likeness (QED) is 0.696. The maximum absolute atomic E-state index is 11.7. The van der Waals surface area contributed by atoms with Crippen molar-refractivity contribution in [1.29, 1.82) is 0 Å². The molecular formula is C11H17NO2S. The zero-order chi connectivity index (χ0) is 11.6. The average molecular weight is 227 g/mol. The van der Waals surface area contributed by atoms with E-state index in [4.69, 9.17) is 0 Å². The van der Waals surface area contributed by atoms with Gasteiger partial charge < -0.3 is 0 Å². The van der Waals surface area contributed by atoms with Gasteiger partial charge in [0.2, 0.25) is 5.91 Å². The highest BCUT2D eigenvalue weighted by atomic mass is 32.2. The Morgan fingerprint density at radius 1 is 1.47 bits per heavy atom. The van der Waals surface area contributed by atoms with Gasteiger partial charge in [0.05, 0.1) is 6.04 Å². The minimum absolute atomic E-state index is 0.0690. The van der Waals surface area contributed by atoms with Crippen LogP contribution in [-0.4, -0.2) is 27.8 Å². The van der Waals surface area contributed by atoms with Crippen molar-refractivity contribution in [2.24, 2.45) is 5.92 Å². The van der Waals surface area contributed by atoms with Crippen LogP contribution in [0.1, 0.15) is 27.2 Å². The molecule has 1 aliphatic rings. The number of imide groups is 1. The van der Waals surface area contributed by atoms with Gasteiger partial charge in [-0.25, -0.2) is 0 Å². The van der Waals surface area contributed by atoms with Gasteiger partial charge in [-0.05, 0) is 12.8 Å². The number of hydrogen-bond acceptors (Lipinski definition) is 3. The zero-order valence-electron chi connectivity index (χ0n) is 9.45. The summed E-state index contributed by atoms with van der Waals surface area (Å²) in [5.74, 6) is 0.754. The zero-order valence-corrected chi connectivity index (χ0v) is 10.3. The molecule has 0 aromatic rings. The number of carbonyl (C=O) groups excluding carboxylic acids is 2. The van der Waals surface area contributed by atoms with E-state index in [0.29, 0.717) is 12.2 Å². The van der Waals surface area contributed by atoms with Crippen molar-refractivity contribution >= 4 is 22.9 Å². The van der Waals surface area contributed by atoms with Crippen molar-refractivity contribution in [3.8, 4) is 0 Å². The standard InChI is InChI=1S/C11H17NO2S/c1-7(2)10(8(3)4)12-9(13)5-6-15-11(12)14/h8,10H,1,5-6H2,2-4H3/t10-/m1/s1. The van der Waals surface area contributed by atoms with Crippen LogP contribution in [0.2, 0.25) is 0 Å². The molecule has 84 valence electrons. The van der Waals surface area contributed by atoms with E-state index in [2.05, 4.69) is 6.58 Å². The lowest BCUT2D eigenvalue weighted by Crippen LogP contribution is -2.48. The van der Waals surface area contributed by atoms with Crippen LogP contribution in [0.15, 0.2) is 12.2 Å². The first-order chi connectivity index (χ1) is 6.95. The molecule has 1 saturated heterocycles. The van der Waals surface area contributed by atoms with Crippen molar-refractivity contribution in [3.05, 3.63) is 12.2 Å². The summed E-state index contributed by atoms with van der Waals surface area (Å²) in [6.45, 7) is 9.73. The van der Waals surface area contributed by atoms with Crippen molar-refractivity contribution in [1.82, 2.24) is 4.90 Å². The van der Waals surface area contributed by atoms with E-state index in [0.717, 1.165) is 5.57 Å². The maximum Gasteiger partial charge on any atom is 0.288 e. The topological polar surface area (TPSA) is 37.4 Å². The minimum atomic E-state index is -0.155. The highest BCUT2D eigenvalue weighted by Crippen LogP contribution is 2.27. The molecular weight excluding hydrogens is 210 g/mol. The Hall–Kier alpha value is -0.770.